The fourth-order valence-electron chi connectivity index (χ4n) is 10.7. The van der Waals surface area contributed by atoms with Gasteiger partial charge in [-0.2, -0.15) is 0 Å². The number of aromatic nitrogens is 4. The normalized spacial score (nSPS) is 22.3. The van der Waals surface area contributed by atoms with Crippen molar-refractivity contribution in [3.05, 3.63) is 83.6 Å². The Morgan fingerprint density at radius 1 is 0.750 bits per heavy atom. The molecule has 4 aliphatic rings. The Bertz CT molecular complexity index is 2580. The second kappa shape index (κ2) is 17.4. The standard InChI is InChI=1S/C50H60N8O6/c1-26(2)43(55-49(61)63-6)47(59)57-20-8-9-40(57)46-52-37-19-15-32(23-38(37)53-46)33-17-18-34(42-35-16-14-31(35)22-36(33)42)29-10-12-30(13-11-29)39-24-51-45(54-39)41-21-28(5)25-58(41)48(60)44(27(3)4)56-50(62)64-7/h10-13,15,17-19,23-24,26-28,31,35,40-41,43-44H,8-9,14,16,20-22,25H2,1-7H3,(H,51,54)(H,52,53)(H,55,61)(H,56,62). The molecule has 4 N–H and O–H groups in total. The number of fused-ring (bicyclic) bond motifs is 4. The fraction of sp³-hybridized carbons (Fsp3) is 0.480. The van der Waals surface area contributed by atoms with Gasteiger partial charge >= 0.3 is 12.2 Å². The second-order valence-electron chi connectivity index (χ2n) is 19.1. The predicted octanol–water partition coefficient (Wildman–Crippen LogP) is 8.67. The maximum absolute atomic E-state index is 13.8. The number of alkyl carbamates (subject to hydrolysis) is 2. The molecule has 2 aliphatic heterocycles. The van der Waals surface area contributed by atoms with Crippen molar-refractivity contribution in [3.8, 4) is 33.5 Å². The van der Waals surface area contributed by atoms with Gasteiger partial charge in [-0.15, -0.1) is 0 Å². The highest BCUT2D eigenvalue weighted by atomic mass is 16.5. The molecule has 14 heteroatoms. The van der Waals surface area contributed by atoms with Crippen LogP contribution in [0.3, 0.4) is 0 Å². The third-order valence-electron chi connectivity index (χ3n) is 14.3. The van der Waals surface area contributed by atoms with Gasteiger partial charge in [-0.25, -0.2) is 19.6 Å². The molecule has 0 bridgehead atoms. The Hall–Kier alpha value is -6.18. The van der Waals surface area contributed by atoms with Crippen LogP contribution in [-0.2, 0) is 25.5 Å². The first-order valence-corrected chi connectivity index (χ1v) is 22.9. The smallest absolute Gasteiger partial charge is 0.407 e. The maximum atomic E-state index is 13.8. The topological polar surface area (TPSA) is 175 Å². The van der Waals surface area contributed by atoms with Gasteiger partial charge in [-0.1, -0.05) is 77.1 Å². The van der Waals surface area contributed by atoms with Crippen LogP contribution in [-0.4, -0.2) is 93.1 Å². The number of benzene rings is 3. The van der Waals surface area contributed by atoms with Crippen molar-refractivity contribution < 1.29 is 28.7 Å². The maximum Gasteiger partial charge on any atom is 0.407 e. The summed E-state index contributed by atoms with van der Waals surface area (Å²) in [6.45, 7) is 11.0. The second-order valence-corrected chi connectivity index (χ2v) is 19.1. The average Bonchev–Trinajstić information content (AvgIpc) is 4.13. The van der Waals surface area contributed by atoms with Crippen molar-refractivity contribution in [3.63, 3.8) is 0 Å². The summed E-state index contributed by atoms with van der Waals surface area (Å²) in [5.74, 6) is 2.53. The van der Waals surface area contributed by atoms with E-state index < -0.39 is 24.3 Å². The zero-order chi connectivity index (χ0) is 45.0. The monoisotopic (exact) mass is 868 g/mol. The number of likely N-dealkylation sites (tertiary alicyclic amines) is 2. The molecule has 3 fully saturated rings. The summed E-state index contributed by atoms with van der Waals surface area (Å²) < 4.78 is 9.63. The highest BCUT2D eigenvalue weighted by Gasteiger charge is 2.43. The number of methoxy groups -OCH3 is 2. The van der Waals surface area contributed by atoms with Crippen molar-refractivity contribution in [2.75, 3.05) is 27.3 Å². The first-order valence-electron chi connectivity index (χ1n) is 22.9. The van der Waals surface area contributed by atoms with E-state index in [-0.39, 0.29) is 41.7 Å². The molecule has 3 aromatic carbocycles. The molecule has 4 amide bonds. The van der Waals surface area contributed by atoms with Gasteiger partial charge in [0, 0.05) is 13.1 Å². The number of carbonyl (C=O) groups excluding carboxylic acids is 4. The molecule has 336 valence electrons. The average molecular weight is 869 g/mol. The summed E-state index contributed by atoms with van der Waals surface area (Å²) >= 11 is 0. The van der Waals surface area contributed by atoms with Gasteiger partial charge in [-0.05, 0) is 119 Å². The zero-order valence-corrected chi connectivity index (χ0v) is 37.9. The quantitative estimate of drug-likeness (QED) is 0.102. The van der Waals surface area contributed by atoms with E-state index >= 15 is 0 Å². The number of nitrogens with one attached hydrogen (secondary N) is 4. The molecule has 0 spiro atoms. The Morgan fingerprint density at radius 3 is 2.06 bits per heavy atom. The third kappa shape index (κ3) is 7.89. The number of H-pyrrole nitrogens is 2. The molecule has 2 aromatic heterocycles. The molecule has 5 aromatic rings. The van der Waals surface area contributed by atoms with E-state index in [4.69, 9.17) is 19.4 Å². The SMILES string of the molecule is COC(=O)NC(C(=O)N1CC(C)CC1c1ncc(-c2ccc(-c3ccc(-c4ccc5nc(C6CCCN6C(=O)C(NC(=O)OC)C(C)C)[nH]c5c4)c4c3C3CCC3C4)cc2)[nH]1)C(C)C. The lowest BCUT2D eigenvalue weighted by Gasteiger charge is -2.31. The summed E-state index contributed by atoms with van der Waals surface area (Å²) in [4.78, 5) is 72.4. The molecule has 2 aliphatic carbocycles. The van der Waals surface area contributed by atoms with Crippen LogP contribution in [0.2, 0.25) is 0 Å². The third-order valence-corrected chi connectivity index (χ3v) is 14.3. The lowest BCUT2D eigenvalue weighted by Crippen LogP contribution is -2.51. The summed E-state index contributed by atoms with van der Waals surface area (Å²) in [6, 6.07) is 17.9. The number of hydrogen-bond donors (Lipinski definition) is 4. The highest BCUT2D eigenvalue weighted by molar-refractivity contribution is 5.89. The first-order chi connectivity index (χ1) is 30.8. The van der Waals surface area contributed by atoms with Crippen LogP contribution >= 0.6 is 0 Å². The number of aromatic amines is 2. The molecule has 7 unspecified atom stereocenters. The number of carbonyl (C=O) groups is 4. The number of rotatable bonds is 11. The summed E-state index contributed by atoms with van der Waals surface area (Å²) in [6.07, 6.45) is 6.56. The van der Waals surface area contributed by atoms with Crippen LogP contribution in [0.25, 0.3) is 44.5 Å². The molecule has 2 saturated heterocycles. The first kappa shape index (κ1) is 43.1. The molecule has 64 heavy (non-hydrogen) atoms. The molecule has 7 atom stereocenters. The van der Waals surface area contributed by atoms with Gasteiger partial charge < -0.3 is 39.9 Å². The summed E-state index contributed by atoms with van der Waals surface area (Å²) in [5.41, 5.74) is 11.5. The number of imidazole rings is 2. The minimum absolute atomic E-state index is 0.105. The summed E-state index contributed by atoms with van der Waals surface area (Å²) in [5, 5.41) is 5.48. The number of amides is 4. The van der Waals surface area contributed by atoms with E-state index in [1.54, 1.807) is 0 Å². The van der Waals surface area contributed by atoms with Crippen LogP contribution in [0.4, 0.5) is 9.59 Å². The lowest BCUT2D eigenvalue weighted by atomic mass is 9.73. The van der Waals surface area contributed by atoms with Gasteiger partial charge in [-0.3, -0.25) is 9.59 Å². The molecule has 9 rings (SSSR count). The van der Waals surface area contributed by atoms with Crippen LogP contribution in [0, 0.1) is 23.7 Å². The number of ether oxygens (including phenoxy) is 2. The van der Waals surface area contributed by atoms with Gasteiger partial charge in [0.15, 0.2) is 0 Å². The Morgan fingerprint density at radius 2 is 1.41 bits per heavy atom. The van der Waals surface area contributed by atoms with Crippen molar-refractivity contribution >= 4 is 35.0 Å². The molecule has 14 nitrogen and oxygen atoms in total. The van der Waals surface area contributed by atoms with Crippen LogP contribution in [0.1, 0.15) is 108 Å². The minimum atomic E-state index is -0.696. The van der Waals surface area contributed by atoms with E-state index in [1.165, 1.54) is 54.9 Å². The Balaban J connectivity index is 0.951. The van der Waals surface area contributed by atoms with Gasteiger partial charge in [0.1, 0.15) is 23.7 Å². The van der Waals surface area contributed by atoms with Crippen molar-refractivity contribution in [1.82, 2.24) is 40.4 Å². The molecule has 4 heterocycles. The Kier molecular flexibility index (Phi) is 11.7. The lowest BCUT2D eigenvalue weighted by molar-refractivity contribution is -0.136. The van der Waals surface area contributed by atoms with E-state index in [9.17, 15) is 19.2 Å². The number of hydrogen-bond acceptors (Lipinski definition) is 8. The molecular formula is C50H60N8O6. The number of nitrogens with zero attached hydrogens (tertiary/aromatic N) is 4. The predicted molar refractivity (Wildman–Crippen MR) is 244 cm³/mol. The zero-order valence-electron chi connectivity index (χ0n) is 37.9. The van der Waals surface area contributed by atoms with Crippen LogP contribution in [0.15, 0.2) is 60.8 Å². The van der Waals surface area contributed by atoms with Crippen LogP contribution in [0.5, 0.6) is 0 Å². The van der Waals surface area contributed by atoms with E-state index in [0.29, 0.717) is 24.9 Å². The van der Waals surface area contributed by atoms with Gasteiger partial charge in [0.2, 0.25) is 11.8 Å². The van der Waals surface area contributed by atoms with Crippen molar-refractivity contribution in [1.29, 1.82) is 0 Å². The van der Waals surface area contributed by atoms with Crippen molar-refractivity contribution in [2.24, 2.45) is 23.7 Å². The van der Waals surface area contributed by atoms with Crippen molar-refractivity contribution in [2.45, 2.75) is 103 Å². The fourth-order valence-corrected chi connectivity index (χ4v) is 10.7. The minimum Gasteiger partial charge on any atom is -0.453 e. The van der Waals surface area contributed by atoms with E-state index in [2.05, 4.69) is 82.1 Å². The highest BCUT2D eigenvalue weighted by Crippen LogP contribution is 2.56. The van der Waals surface area contributed by atoms with E-state index in [0.717, 1.165) is 65.2 Å². The van der Waals surface area contributed by atoms with Crippen LogP contribution < -0.4 is 10.6 Å². The molecule has 0 radical (unpaired) electrons. The Labute approximate surface area is 374 Å². The van der Waals surface area contributed by atoms with E-state index in [1.807, 2.05) is 43.7 Å². The summed E-state index contributed by atoms with van der Waals surface area (Å²) in [7, 11) is 2.61. The largest absolute Gasteiger partial charge is 0.453 e. The van der Waals surface area contributed by atoms with Gasteiger partial charge in [0.05, 0.1) is 49.2 Å². The van der Waals surface area contributed by atoms with Gasteiger partial charge in [0.25, 0.3) is 0 Å². The molecular weight excluding hydrogens is 809 g/mol. The molecule has 1 saturated carbocycles.